The molecule has 2 nitrogen and oxygen atoms in total. The van der Waals surface area contributed by atoms with Gasteiger partial charge in [-0.3, -0.25) is 0 Å². The standard InChI is InChI=1S/C18H27NOS/c1-21-16-8-4-3-7-15(16)17(19)14-9-12-20-18(13-14)10-5-2-6-11-18/h3-4,7-8,14,17H,2,5-6,9-13,19H2,1H3. The van der Waals surface area contributed by atoms with Crippen LogP contribution in [-0.4, -0.2) is 18.5 Å². The lowest BCUT2D eigenvalue weighted by molar-refractivity contribution is -0.120. The molecule has 1 saturated heterocycles. The van der Waals surface area contributed by atoms with Crippen molar-refractivity contribution in [2.75, 3.05) is 12.9 Å². The highest BCUT2D eigenvalue weighted by atomic mass is 32.2. The first-order valence-corrected chi connectivity index (χ1v) is 9.49. The van der Waals surface area contributed by atoms with E-state index < -0.39 is 0 Å². The van der Waals surface area contributed by atoms with Crippen LogP contribution < -0.4 is 5.73 Å². The van der Waals surface area contributed by atoms with E-state index in [0.29, 0.717) is 5.92 Å². The molecule has 0 amide bonds. The Morgan fingerprint density at radius 2 is 2.00 bits per heavy atom. The van der Waals surface area contributed by atoms with Gasteiger partial charge in [0.2, 0.25) is 0 Å². The molecular weight excluding hydrogens is 278 g/mol. The third kappa shape index (κ3) is 3.30. The Hall–Kier alpha value is -0.510. The highest BCUT2D eigenvalue weighted by Gasteiger charge is 2.40. The number of nitrogens with two attached hydrogens (primary N) is 1. The van der Waals surface area contributed by atoms with Crippen molar-refractivity contribution in [3.05, 3.63) is 29.8 Å². The summed E-state index contributed by atoms with van der Waals surface area (Å²) in [4.78, 5) is 1.33. The Morgan fingerprint density at radius 3 is 2.76 bits per heavy atom. The third-order valence-corrected chi connectivity index (χ3v) is 6.11. The van der Waals surface area contributed by atoms with Gasteiger partial charge in [0.25, 0.3) is 0 Å². The second kappa shape index (κ2) is 6.72. The van der Waals surface area contributed by atoms with E-state index in [2.05, 4.69) is 30.5 Å². The Kier molecular flexibility index (Phi) is 4.92. The fraction of sp³-hybridized carbons (Fsp3) is 0.667. The highest BCUT2D eigenvalue weighted by Crippen LogP contribution is 2.44. The minimum absolute atomic E-state index is 0.146. The number of rotatable bonds is 3. The number of hydrogen-bond donors (Lipinski definition) is 1. The summed E-state index contributed by atoms with van der Waals surface area (Å²) in [5.41, 5.74) is 8.14. The van der Waals surface area contributed by atoms with Gasteiger partial charge in [-0.2, -0.15) is 0 Å². The van der Waals surface area contributed by atoms with Crippen LogP contribution in [0.25, 0.3) is 0 Å². The molecule has 1 spiro atoms. The van der Waals surface area contributed by atoms with Crippen LogP contribution in [0.3, 0.4) is 0 Å². The lowest BCUT2D eigenvalue weighted by Crippen LogP contribution is -2.44. The van der Waals surface area contributed by atoms with E-state index >= 15 is 0 Å². The number of hydrogen-bond acceptors (Lipinski definition) is 3. The van der Waals surface area contributed by atoms with Gasteiger partial charge in [0.15, 0.2) is 0 Å². The SMILES string of the molecule is CSc1ccccc1C(N)C1CCOC2(CCCCC2)C1. The molecule has 1 heterocycles. The van der Waals surface area contributed by atoms with E-state index in [1.165, 1.54) is 42.6 Å². The normalized spacial score (nSPS) is 26.7. The first-order chi connectivity index (χ1) is 10.2. The molecule has 2 atom stereocenters. The van der Waals surface area contributed by atoms with Crippen molar-refractivity contribution >= 4 is 11.8 Å². The summed E-state index contributed by atoms with van der Waals surface area (Å²) >= 11 is 1.80. The molecule has 3 rings (SSSR count). The maximum Gasteiger partial charge on any atom is 0.0685 e. The van der Waals surface area contributed by atoms with Crippen LogP contribution in [0.2, 0.25) is 0 Å². The molecule has 1 aliphatic heterocycles. The second-order valence-corrected chi connectivity index (χ2v) is 7.46. The zero-order chi connectivity index (χ0) is 14.7. The van der Waals surface area contributed by atoms with Gasteiger partial charge in [0.1, 0.15) is 0 Å². The second-order valence-electron chi connectivity index (χ2n) is 6.61. The van der Waals surface area contributed by atoms with Crippen molar-refractivity contribution in [3.63, 3.8) is 0 Å². The smallest absolute Gasteiger partial charge is 0.0685 e. The van der Waals surface area contributed by atoms with Crippen molar-refractivity contribution in [1.29, 1.82) is 0 Å². The van der Waals surface area contributed by atoms with Gasteiger partial charge in [-0.05, 0) is 49.5 Å². The van der Waals surface area contributed by atoms with Gasteiger partial charge in [-0.25, -0.2) is 0 Å². The molecule has 2 unspecified atom stereocenters. The fourth-order valence-electron chi connectivity index (χ4n) is 4.11. The molecule has 2 fully saturated rings. The van der Waals surface area contributed by atoms with E-state index in [9.17, 15) is 0 Å². The molecule has 0 radical (unpaired) electrons. The van der Waals surface area contributed by atoms with Crippen molar-refractivity contribution in [1.82, 2.24) is 0 Å². The van der Waals surface area contributed by atoms with Gasteiger partial charge < -0.3 is 10.5 Å². The Bertz CT molecular complexity index is 465. The monoisotopic (exact) mass is 305 g/mol. The molecule has 0 bridgehead atoms. The van der Waals surface area contributed by atoms with Crippen LogP contribution in [0, 0.1) is 5.92 Å². The first-order valence-electron chi connectivity index (χ1n) is 8.27. The third-order valence-electron chi connectivity index (χ3n) is 5.30. The van der Waals surface area contributed by atoms with Crippen LogP contribution in [0.5, 0.6) is 0 Å². The van der Waals surface area contributed by atoms with E-state index in [1.54, 1.807) is 11.8 Å². The average Bonchev–Trinajstić information content (AvgIpc) is 2.55. The van der Waals surface area contributed by atoms with E-state index in [4.69, 9.17) is 10.5 Å². The molecule has 1 saturated carbocycles. The summed E-state index contributed by atoms with van der Waals surface area (Å²) in [6, 6.07) is 8.77. The highest BCUT2D eigenvalue weighted by molar-refractivity contribution is 7.98. The van der Waals surface area contributed by atoms with E-state index in [-0.39, 0.29) is 11.6 Å². The quantitative estimate of drug-likeness (QED) is 0.833. The maximum absolute atomic E-state index is 6.67. The molecule has 1 aromatic carbocycles. The lowest BCUT2D eigenvalue weighted by atomic mass is 9.73. The Morgan fingerprint density at radius 1 is 1.24 bits per heavy atom. The van der Waals surface area contributed by atoms with Crippen molar-refractivity contribution in [3.8, 4) is 0 Å². The topological polar surface area (TPSA) is 35.2 Å². The summed E-state index contributed by atoms with van der Waals surface area (Å²) in [6.07, 6.45) is 10.9. The van der Waals surface area contributed by atoms with Crippen molar-refractivity contribution in [2.45, 2.75) is 61.5 Å². The van der Waals surface area contributed by atoms with Crippen LogP contribution in [0.1, 0.15) is 56.6 Å². The maximum atomic E-state index is 6.67. The van der Waals surface area contributed by atoms with Gasteiger partial charge in [-0.1, -0.05) is 37.5 Å². The predicted octanol–water partition coefficient (Wildman–Crippen LogP) is 4.54. The molecule has 1 aliphatic carbocycles. The summed E-state index contributed by atoms with van der Waals surface area (Å²) in [5, 5.41) is 0. The Labute approximate surface area is 132 Å². The van der Waals surface area contributed by atoms with E-state index in [0.717, 1.165) is 19.4 Å². The zero-order valence-electron chi connectivity index (χ0n) is 13.0. The summed E-state index contributed by atoms with van der Waals surface area (Å²) < 4.78 is 6.22. The molecule has 3 heteroatoms. The molecular formula is C18H27NOS. The van der Waals surface area contributed by atoms with Crippen LogP contribution in [0.4, 0.5) is 0 Å². The lowest BCUT2D eigenvalue weighted by Gasteiger charge is -2.45. The van der Waals surface area contributed by atoms with Gasteiger partial charge in [-0.15, -0.1) is 11.8 Å². The van der Waals surface area contributed by atoms with Crippen molar-refractivity contribution < 1.29 is 4.74 Å². The predicted molar refractivity (Wildman–Crippen MR) is 89.6 cm³/mol. The Balaban J connectivity index is 1.76. The van der Waals surface area contributed by atoms with Crippen LogP contribution in [0.15, 0.2) is 29.2 Å². The molecule has 21 heavy (non-hydrogen) atoms. The summed E-state index contributed by atoms with van der Waals surface area (Å²) in [7, 11) is 0. The largest absolute Gasteiger partial charge is 0.375 e. The number of thioether (sulfide) groups is 1. The van der Waals surface area contributed by atoms with Gasteiger partial charge >= 0.3 is 0 Å². The summed E-state index contributed by atoms with van der Waals surface area (Å²) in [6.45, 7) is 0.889. The molecule has 2 N–H and O–H groups in total. The van der Waals surface area contributed by atoms with Crippen LogP contribution in [-0.2, 0) is 4.74 Å². The minimum Gasteiger partial charge on any atom is -0.375 e. The molecule has 1 aromatic rings. The molecule has 116 valence electrons. The molecule has 2 aliphatic rings. The minimum atomic E-state index is 0.146. The van der Waals surface area contributed by atoms with Gasteiger partial charge in [0, 0.05) is 17.5 Å². The van der Waals surface area contributed by atoms with E-state index in [1.807, 2.05) is 0 Å². The van der Waals surface area contributed by atoms with Crippen molar-refractivity contribution in [2.24, 2.45) is 11.7 Å². The van der Waals surface area contributed by atoms with Crippen LogP contribution >= 0.6 is 11.8 Å². The van der Waals surface area contributed by atoms with Gasteiger partial charge in [0.05, 0.1) is 5.60 Å². The summed E-state index contributed by atoms with van der Waals surface area (Å²) in [5.74, 6) is 0.560. The average molecular weight is 305 g/mol. The number of ether oxygens (including phenoxy) is 1. The fourth-order valence-corrected chi connectivity index (χ4v) is 4.77. The first kappa shape index (κ1) is 15.4. The molecule has 0 aromatic heterocycles. The number of benzene rings is 1. The zero-order valence-corrected chi connectivity index (χ0v) is 13.8.